The Balaban J connectivity index is 1.96. The number of fused-ring (bicyclic) bond motifs is 1. The maximum atomic E-state index is 13.9. The Morgan fingerprint density at radius 2 is 1.90 bits per heavy atom. The van der Waals surface area contributed by atoms with E-state index in [2.05, 4.69) is 0 Å². The molecule has 2 aromatic carbocycles. The molecule has 2 N–H and O–H groups in total. The smallest absolute Gasteiger partial charge is 0.133 e. The van der Waals surface area contributed by atoms with Crippen LogP contribution in [-0.2, 0) is 0 Å². The molecule has 110 valence electrons. The molecule has 0 saturated carbocycles. The van der Waals surface area contributed by atoms with Crippen LogP contribution in [0.3, 0.4) is 0 Å². The van der Waals surface area contributed by atoms with E-state index in [9.17, 15) is 8.78 Å². The third-order valence-corrected chi connectivity index (χ3v) is 3.67. The molecule has 0 fully saturated rings. The summed E-state index contributed by atoms with van der Waals surface area (Å²) < 4.78 is 37.9. The lowest BCUT2D eigenvalue weighted by molar-refractivity contribution is 0.156. The zero-order valence-corrected chi connectivity index (χ0v) is 11.5. The summed E-state index contributed by atoms with van der Waals surface area (Å²) in [6, 6.07) is 8.57. The van der Waals surface area contributed by atoms with E-state index < -0.39 is 17.7 Å². The standard InChI is InChI=1S/C16H15F2NO2/c1-20-10-3-5-12-14(19)8-16(21-15(12)7-10)11-4-2-9(17)6-13(11)18/h2-7,14,16H,8,19H2,1H3/t14-,16?/m1/s1. The Morgan fingerprint density at radius 3 is 2.62 bits per heavy atom. The largest absolute Gasteiger partial charge is 0.497 e. The normalized spacial score (nSPS) is 20.6. The van der Waals surface area contributed by atoms with Crippen molar-refractivity contribution < 1.29 is 18.3 Å². The van der Waals surface area contributed by atoms with Gasteiger partial charge in [0.25, 0.3) is 0 Å². The number of hydrogen-bond acceptors (Lipinski definition) is 3. The maximum absolute atomic E-state index is 13.9. The van der Waals surface area contributed by atoms with E-state index in [1.807, 2.05) is 6.07 Å². The molecule has 3 nitrogen and oxygen atoms in total. The fourth-order valence-corrected chi connectivity index (χ4v) is 2.56. The third kappa shape index (κ3) is 2.56. The van der Waals surface area contributed by atoms with Crippen LogP contribution in [-0.4, -0.2) is 7.11 Å². The van der Waals surface area contributed by atoms with Crippen LogP contribution in [0.4, 0.5) is 8.78 Å². The molecule has 1 aliphatic heterocycles. The molecule has 0 spiro atoms. The first-order valence-corrected chi connectivity index (χ1v) is 6.63. The Bertz CT molecular complexity index is 675. The van der Waals surface area contributed by atoms with Crippen molar-refractivity contribution in [2.75, 3.05) is 7.11 Å². The monoisotopic (exact) mass is 291 g/mol. The van der Waals surface area contributed by atoms with Crippen LogP contribution in [0.15, 0.2) is 36.4 Å². The molecule has 0 aromatic heterocycles. The molecule has 1 aliphatic rings. The summed E-state index contributed by atoms with van der Waals surface area (Å²) in [5.74, 6) is -0.0278. The van der Waals surface area contributed by atoms with Gasteiger partial charge in [-0.25, -0.2) is 8.78 Å². The summed E-state index contributed by atoms with van der Waals surface area (Å²) in [5, 5.41) is 0. The lowest BCUT2D eigenvalue weighted by Crippen LogP contribution is -2.24. The van der Waals surface area contributed by atoms with Gasteiger partial charge in [0.2, 0.25) is 0 Å². The van der Waals surface area contributed by atoms with E-state index in [-0.39, 0.29) is 6.04 Å². The minimum atomic E-state index is -0.626. The van der Waals surface area contributed by atoms with Crippen molar-refractivity contribution in [2.24, 2.45) is 5.73 Å². The molecular formula is C16H15F2NO2. The highest BCUT2D eigenvalue weighted by Gasteiger charge is 2.29. The molecule has 0 bridgehead atoms. The van der Waals surface area contributed by atoms with E-state index in [0.29, 0.717) is 23.5 Å². The van der Waals surface area contributed by atoms with Crippen molar-refractivity contribution in [1.29, 1.82) is 0 Å². The van der Waals surface area contributed by atoms with Crippen molar-refractivity contribution in [3.8, 4) is 11.5 Å². The number of rotatable bonds is 2. The first kappa shape index (κ1) is 13.8. The molecule has 2 aromatic rings. The van der Waals surface area contributed by atoms with Crippen LogP contribution >= 0.6 is 0 Å². The molecule has 0 amide bonds. The van der Waals surface area contributed by atoms with Gasteiger partial charge in [0.1, 0.15) is 29.2 Å². The second-order valence-corrected chi connectivity index (χ2v) is 5.02. The summed E-state index contributed by atoms with van der Waals surface area (Å²) in [7, 11) is 1.56. The number of methoxy groups -OCH3 is 1. The Morgan fingerprint density at radius 1 is 1.14 bits per heavy atom. The first-order valence-electron chi connectivity index (χ1n) is 6.63. The third-order valence-electron chi connectivity index (χ3n) is 3.67. The van der Waals surface area contributed by atoms with Gasteiger partial charge in [0, 0.05) is 35.7 Å². The Kier molecular flexibility index (Phi) is 3.51. The van der Waals surface area contributed by atoms with Gasteiger partial charge < -0.3 is 15.2 Å². The van der Waals surface area contributed by atoms with Crippen molar-refractivity contribution in [3.63, 3.8) is 0 Å². The average Bonchev–Trinajstić information content (AvgIpc) is 2.46. The topological polar surface area (TPSA) is 44.5 Å². The number of benzene rings is 2. The molecular weight excluding hydrogens is 276 g/mol. The quantitative estimate of drug-likeness (QED) is 0.921. The highest BCUT2D eigenvalue weighted by molar-refractivity contribution is 5.44. The van der Waals surface area contributed by atoms with Crippen LogP contribution in [0.1, 0.15) is 29.7 Å². The van der Waals surface area contributed by atoms with Gasteiger partial charge in [-0.1, -0.05) is 6.07 Å². The number of nitrogens with two attached hydrogens (primary N) is 1. The van der Waals surface area contributed by atoms with E-state index in [4.69, 9.17) is 15.2 Å². The second kappa shape index (κ2) is 5.33. The molecule has 1 heterocycles. The predicted molar refractivity (Wildman–Crippen MR) is 74.3 cm³/mol. The highest BCUT2D eigenvalue weighted by atomic mass is 19.1. The first-order chi connectivity index (χ1) is 10.1. The van der Waals surface area contributed by atoms with Gasteiger partial charge in [-0.2, -0.15) is 0 Å². The van der Waals surface area contributed by atoms with Gasteiger partial charge in [-0.3, -0.25) is 0 Å². The fourth-order valence-electron chi connectivity index (χ4n) is 2.56. The van der Waals surface area contributed by atoms with Gasteiger partial charge in [0.05, 0.1) is 7.11 Å². The minimum Gasteiger partial charge on any atom is -0.497 e. The zero-order chi connectivity index (χ0) is 15.0. The van der Waals surface area contributed by atoms with E-state index >= 15 is 0 Å². The summed E-state index contributed by atoms with van der Waals surface area (Å²) in [4.78, 5) is 0. The predicted octanol–water partition coefficient (Wildman–Crippen LogP) is 3.50. The fraction of sp³-hybridized carbons (Fsp3) is 0.250. The lowest BCUT2D eigenvalue weighted by Gasteiger charge is -2.31. The van der Waals surface area contributed by atoms with Crippen molar-refractivity contribution in [2.45, 2.75) is 18.6 Å². The summed E-state index contributed by atoms with van der Waals surface area (Å²) >= 11 is 0. The SMILES string of the molecule is COc1ccc2c(c1)OC(c1ccc(F)cc1F)C[C@H]2N. The molecule has 0 aliphatic carbocycles. The highest BCUT2D eigenvalue weighted by Crippen LogP contribution is 2.41. The van der Waals surface area contributed by atoms with Gasteiger partial charge >= 0.3 is 0 Å². The van der Waals surface area contributed by atoms with Crippen molar-refractivity contribution in [1.82, 2.24) is 0 Å². The molecule has 5 heteroatoms. The molecule has 1 unspecified atom stereocenters. The van der Waals surface area contributed by atoms with Gasteiger partial charge in [0.15, 0.2) is 0 Å². The molecule has 3 rings (SSSR count). The minimum absolute atomic E-state index is 0.269. The zero-order valence-electron chi connectivity index (χ0n) is 11.5. The molecule has 0 saturated heterocycles. The van der Waals surface area contributed by atoms with Gasteiger partial charge in [-0.05, 0) is 18.2 Å². The van der Waals surface area contributed by atoms with Gasteiger partial charge in [-0.15, -0.1) is 0 Å². The van der Waals surface area contributed by atoms with Crippen molar-refractivity contribution >= 4 is 0 Å². The lowest BCUT2D eigenvalue weighted by atomic mass is 9.93. The average molecular weight is 291 g/mol. The molecule has 21 heavy (non-hydrogen) atoms. The van der Waals surface area contributed by atoms with E-state index in [1.54, 1.807) is 19.2 Å². The van der Waals surface area contributed by atoms with Crippen LogP contribution in [0.2, 0.25) is 0 Å². The number of hydrogen-bond donors (Lipinski definition) is 1. The van der Waals surface area contributed by atoms with E-state index in [1.165, 1.54) is 12.1 Å². The van der Waals surface area contributed by atoms with Crippen LogP contribution < -0.4 is 15.2 Å². The van der Waals surface area contributed by atoms with E-state index in [0.717, 1.165) is 11.6 Å². The number of ether oxygens (including phenoxy) is 2. The summed E-state index contributed by atoms with van der Waals surface area (Å²) in [5.41, 5.74) is 7.29. The molecule has 0 radical (unpaired) electrons. The van der Waals surface area contributed by atoms with Crippen molar-refractivity contribution in [3.05, 3.63) is 59.2 Å². The van der Waals surface area contributed by atoms with Crippen LogP contribution in [0.5, 0.6) is 11.5 Å². The molecule has 2 atom stereocenters. The Hall–Kier alpha value is -2.14. The van der Waals surface area contributed by atoms with Crippen LogP contribution in [0.25, 0.3) is 0 Å². The van der Waals surface area contributed by atoms with Crippen LogP contribution in [0, 0.1) is 11.6 Å². The maximum Gasteiger partial charge on any atom is 0.133 e. The summed E-state index contributed by atoms with van der Waals surface area (Å²) in [6.45, 7) is 0. The summed E-state index contributed by atoms with van der Waals surface area (Å²) in [6.07, 6.45) is -0.109. The Labute approximate surface area is 121 Å². The second-order valence-electron chi connectivity index (χ2n) is 5.02. The number of halogens is 2.